The van der Waals surface area contributed by atoms with Crippen LogP contribution in [0.25, 0.3) is 10.9 Å². The van der Waals surface area contributed by atoms with Crippen molar-refractivity contribution in [3.8, 4) is 5.75 Å². The summed E-state index contributed by atoms with van der Waals surface area (Å²) in [5.74, 6) is -1.39. The molecule has 0 radical (unpaired) electrons. The number of amides is 1. The second-order valence-electron chi connectivity index (χ2n) is 6.67. The van der Waals surface area contributed by atoms with Crippen molar-refractivity contribution in [2.45, 2.75) is 31.2 Å². The molecule has 0 aliphatic heterocycles. The average Bonchev–Trinajstić information content (AvgIpc) is 2.67. The standard InChI is InChI=1S/C20H21N3O5S/c1-3-12(2)23-15-10-6-4-8-13(15)18(24)17(20(23)26)19(25)22-14-9-5-7-11-16(14)29(21,27)28/h4-12,24H,3H2,1-2H3,(H,22,25)(H2,21,27,28)/t12-/m0/s1. The molecule has 9 heteroatoms. The van der Waals surface area contributed by atoms with Crippen LogP contribution >= 0.6 is 0 Å². The molecule has 3 rings (SSSR count). The van der Waals surface area contributed by atoms with Crippen molar-refractivity contribution >= 4 is 32.5 Å². The molecule has 3 aromatic rings. The van der Waals surface area contributed by atoms with Gasteiger partial charge in [0.1, 0.15) is 16.2 Å². The number of nitrogens with zero attached hydrogens (tertiary/aromatic N) is 1. The van der Waals surface area contributed by atoms with Crippen LogP contribution in [0.3, 0.4) is 0 Å². The van der Waals surface area contributed by atoms with Crippen LogP contribution in [0.15, 0.2) is 58.2 Å². The van der Waals surface area contributed by atoms with E-state index in [9.17, 15) is 23.1 Å². The molecule has 0 saturated carbocycles. The van der Waals surface area contributed by atoms with E-state index in [0.29, 0.717) is 17.3 Å². The van der Waals surface area contributed by atoms with Crippen molar-refractivity contribution in [2.75, 3.05) is 5.32 Å². The summed E-state index contributed by atoms with van der Waals surface area (Å²) in [4.78, 5) is 25.7. The topological polar surface area (TPSA) is 131 Å². The molecular formula is C20H21N3O5S. The van der Waals surface area contributed by atoms with Gasteiger partial charge in [-0.05, 0) is 37.6 Å². The van der Waals surface area contributed by atoms with Crippen molar-refractivity contribution in [1.82, 2.24) is 4.57 Å². The second-order valence-corrected chi connectivity index (χ2v) is 8.20. The van der Waals surface area contributed by atoms with E-state index in [1.54, 1.807) is 24.3 Å². The molecule has 0 saturated heterocycles. The van der Waals surface area contributed by atoms with Crippen LogP contribution in [0, 0.1) is 0 Å². The number of pyridine rings is 1. The maximum absolute atomic E-state index is 13.1. The largest absolute Gasteiger partial charge is 0.506 e. The number of hydrogen-bond acceptors (Lipinski definition) is 5. The minimum absolute atomic E-state index is 0.0814. The summed E-state index contributed by atoms with van der Waals surface area (Å²) < 4.78 is 25.0. The minimum atomic E-state index is -4.10. The lowest BCUT2D eigenvalue weighted by molar-refractivity contribution is 0.102. The quantitative estimate of drug-likeness (QED) is 0.589. The SMILES string of the molecule is CC[C@H](C)n1c(=O)c(C(=O)Nc2ccccc2S(N)(=O)=O)c(O)c2ccccc21. The first-order valence-corrected chi connectivity index (χ1v) is 10.5. The third-order valence-electron chi connectivity index (χ3n) is 4.79. The molecule has 2 aromatic carbocycles. The van der Waals surface area contributed by atoms with Gasteiger partial charge in [0.05, 0.1) is 11.2 Å². The lowest BCUT2D eigenvalue weighted by Crippen LogP contribution is -2.31. The van der Waals surface area contributed by atoms with Gasteiger partial charge in [-0.1, -0.05) is 31.2 Å². The van der Waals surface area contributed by atoms with Gasteiger partial charge in [-0.2, -0.15) is 0 Å². The number of hydrogen-bond donors (Lipinski definition) is 3. The molecule has 4 N–H and O–H groups in total. The molecule has 0 spiro atoms. The highest BCUT2D eigenvalue weighted by Gasteiger charge is 2.25. The number of rotatable bonds is 5. The van der Waals surface area contributed by atoms with Gasteiger partial charge in [0.2, 0.25) is 10.0 Å². The molecule has 1 aromatic heterocycles. The first kappa shape index (κ1) is 20.6. The van der Waals surface area contributed by atoms with Crippen molar-refractivity contribution in [1.29, 1.82) is 0 Å². The van der Waals surface area contributed by atoms with Gasteiger partial charge < -0.3 is 15.0 Å². The van der Waals surface area contributed by atoms with E-state index >= 15 is 0 Å². The zero-order chi connectivity index (χ0) is 21.3. The Balaban J connectivity index is 2.21. The fourth-order valence-electron chi connectivity index (χ4n) is 3.18. The molecule has 0 aliphatic rings. The Morgan fingerprint density at radius 3 is 2.45 bits per heavy atom. The summed E-state index contributed by atoms with van der Waals surface area (Å²) >= 11 is 0. The monoisotopic (exact) mass is 415 g/mol. The number of aromatic hydroxyl groups is 1. The van der Waals surface area contributed by atoms with Crippen LogP contribution in [0.1, 0.15) is 36.7 Å². The lowest BCUT2D eigenvalue weighted by Gasteiger charge is -2.19. The predicted octanol–water partition coefficient (Wildman–Crippen LogP) is 2.58. The van der Waals surface area contributed by atoms with Gasteiger partial charge in [0.25, 0.3) is 11.5 Å². The number of benzene rings is 2. The number of para-hydroxylation sites is 2. The summed E-state index contributed by atoms with van der Waals surface area (Å²) in [5, 5.41) is 18.6. The van der Waals surface area contributed by atoms with E-state index < -0.39 is 32.8 Å². The number of carbonyl (C=O) groups excluding carboxylic acids is 1. The molecule has 0 aliphatic carbocycles. The molecule has 0 bridgehead atoms. The van der Waals surface area contributed by atoms with E-state index in [4.69, 9.17) is 5.14 Å². The third kappa shape index (κ3) is 3.74. The number of nitrogens with one attached hydrogen (secondary N) is 1. The fourth-order valence-corrected chi connectivity index (χ4v) is 3.87. The Labute approximate surface area is 167 Å². The van der Waals surface area contributed by atoms with Gasteiger partial charge >= 0.3 is 0 Å². The number of primary sulfonamides is 1. The smallest absolute Gasteiger partial charge is 0.267 e. The first-order valence-electron chi connectivity index (χ1n) is 8.96. The number of nitrogens with two attached hydrogens (primary N) is 1. The molecule has 0 unspecified atom stereocenters. The highest BCUT2D eigenvalue weighted by atomic mass is 32.2. The molecule has 152 valence electrons. The molecule has 1 heterocycles. The van der Waals surface area contributed by atoms with Gasteiger partial charge in [-0.3, -0.25) is 9.59 Å². The molecule has 29 heavy (non-hydrogen) atoms. The van der Waals surface area contributed by atoms with E-state index in [0.717, 1.165) is 0 Å². The van der Waals surface area contributed by atoms with Gasteiger partial charge in [0, 0.05) is 11.4 Å². The van der Waals surface area contributed by atoms with Crippen LogP contribution < -0.4 is 16.0 Å². The number of sulfonamides is 1. The Morgan fingerprint density at radius 2 is 1.79 bits per heavy atom. The summed E-state index contributed by atoms with van der Waals surface area (Å²) in [7, 11) is -4.10. The van der Waals surface area contributed by atoms with Crippen LogP contribution in [0.5, 0.6) is 5.75 Å². The summed E-state index contributed by atoms with van der Waals surface area (Å²) in [6.07, 6.45) is 0.629. The van der Waals surface area contributed by atoms with Gasteiger partial charge in [0.15, 0.2) is 0 Å². The highest BCUT2D eigenvalue weighted by Crippen LogP contribution is 2.29. The summed E-state index contributed by atoms with van der Waals surface area (Å²) in [6.45, 7) is 3.74. The molecule has 1 atom stereocenters. The predicted molar refractivity (Wildman–Crippen MR) is 111 cm³/mol. The van der Waals surface area contributed by atoms with Crippen molar-refractivity contribution < 1.29 is 18.3 Å². The second kappa shape index (κ2) is 7.69. The van der Waals surface area contributed by atoms with Crippen molar-refractivity contribution in [3.63, 3.8) is 0 Å². The number of fused-ring (bicyclic) bond motifs is 1. The maximum Gasteiger partial charge on any atom is 0.267 e. The van der Waals surface area contributed by atoms with Crippen LogP contribution in [0.2, 0.25) is 0 Å². The molecular weight excluding hydrogens is 394 g/mol. The van der Waals surface area contributed by atoms with E-state index in [-0.39, 0.29) is 16.6 Å². The number of anilines is 1. The molecule has 0 fully saturated rings. The van der Waals surface area contributed by atoms with Crippen molar-refractivity contribution in [3.05, 3.63) is 64.4 Å². The normalized spacial score (nSPS) is 12.7. The third-order valence-corrected chi connectivity index (χ3v) is 5.76. The summed E-state index contributed by atoms with van der Waals surface area (Å²) in [5.41, 5.74) is -0.706. The van der Waals surface area contributed by atoms with E-state index in [2.05, 4.69) is 5.32 Å². The molecule has 8 nitrogen and oxygen atoms in total. The Bertz CT molecular complexity index is 1260. The zero-order valence-corrected chi connectivity index (χ0v) is 16.7. The zero-order valence-electron chi connectivity index (χ0n) is 15.9. The van der Waals surface area contributed by atoms with Crippen molar-refractivity contribution in [2.24, 2.45) is 5.14 Å². The Morgan fingerprint density at radius 1 is 1.17 bits per heavy atom. The lowest BCUT2D eigenvalue weighted by atomic mass is 10.1. The summed E-state index contributed by atoms with van der Waals surface area (Å²) in [6, 6.07) is 12.1. The van der Waals surface area contributed by atoms with E-state index in [1.165, 1.54) is 28.8 Å². The Kier molecular flexibility index (Phi) is 5.45. The van der Waals surface area contributed by atoms with E-state index in [1.807, 2.05) is 13.8 Å². The van der Waals surface area contributed by atoms with Crippen LogP contribution in [-0.4, -0.2) is 24.0 Å². The van der Waals surface area contributed by atoms with Crippen LogP contribution in [-0.2, 0) is 10.0 Å². The number of aromatic nitrogens is 1. The minimum Gasteiger partial charge on any atom is -0.506 e. The Hall–Kier alpha value is -3.17. The first-order chi connectivity index (χ1) is 13.7. The maximum atomic E-state index is 13.1. The average molecular weight is 415 g/mol. The highest BCUT2D eigenvalue weighted by molar-refractivity contribution is 7.89. The number of carbonyl (C=O) groups is 1. The fraction of sp³-hybridized carbons (Fsp3) is 0.200. The van der Waals surface area contributed by atoms with Gasteiger partial charge in [-0.25, -0.2) is 13.6 Å². The van der Waals surface area contributed by atoms with Gasteiger partial charge in [-0.15, -0.1) is 0 Å². The van der Waals surface area contributed by atoms with Crippen LogP contribution in [0.4, 0.5) is 5.69 Å². The molecule has 1 amide bonds.